The van der Waals surface area contributed by atoms with Gasteiger partial charge >= 0.3 is 0 Å². The number of rotatable bonds is 5. The number of aromatic nitrogens is 2. The van der Waals surface area contributed by atoms with Crippen molar-refractivity contribution < 1.29 is 4.79 Å². The van der Waals surface area contributed by atoms with Gasteiger partial charge in [0.15, 0.2) is 6.29 Å². The summed E-state index contributed by atoms with van der Waals surface area (Å²) < 4.78 is 0. The summed E-state index contributed by atoms with van der Waals surface area (Å²) in [6, 6.07) is 49.5. The summed E-state index contributed by atoms with van der Waals surface area (Å²) in [5.74, 6) is -0.115. The monoisotopic (exact) mass is 620 g/mol. The number of aldehydes is 1. The van der Waals surface area contributed by atoms with Crippen LogP contribution in [0, 0.1) is 0 Å². The average Bonchev–Trinajstić information content (AvgIpc) is 3.93. The largest absolute Gasteiger partial charge is 0.358 e. The molecule has 6 aromatic rings. The minimum absolute atomic E-state index is 0.115. The van der Waals surface area contributed by atoms with Gasteiger partial charge in [0.25, 0.3) is 0 Å². The van der Waals surface area contributed by atoms with Crippen LogP contribution in [0.5, 0.6) is 0 Å². The number of aliphatic imine (C=N–C) groups is 1. The first-order valence-corrected chi connectivity index (χ1v) is 16.0. The van der Waals surface area contributed by atoms with Crippen LogP contribution in [0.1, 0.15) is 50.9 Å². The van der Waals surface area contributed by atoms with E-state index >= 15 is 0 Å². The number of aromatic amines is 2. The minimum Gasteiger partial charge on any atom is -0.358 e. The fraction of sp³-hybridized carbons (Fsp3) is 0.0233. The summed E-state index contributed by atoms with van der Waals surface area (Å²) >= 11 is 0. The Morgan fingerprint density at radius 3 is 1.65 bits per heavy atom. The van der Waals surface area contributed by atoms with Gasteiger partial charge in [-0.25, -0.2) is 4.99 Å². The van der Waals surface area contributed by atoms with Crippen molar-refractivity contribution in [1.29, 1.82) is 0 Å². The van der Waals surface area contributed by atoms with E-state index < -0.39 is 0 Å². The molecule has 1 atom stereocenters. The third kappa shape index (κ3) is 5.48. The molecule has 4 heterocycles. The van der Waals surface area contributed by atoms with E-state index in [4.69, 9.17) is 4.99 Å². The SMILES string of the molecule is O=C/C1=C(/c2ccccc2)c2ccc([nH]2)C(c2ccccc2)c2ccc([nH]2)/C(c2ccccc2)=C2/C=CC(=N2)C(c2ccccc2)=CN1. The zero-order valence-electron chi connectivity index (χ0n) is 26.1. The van der Waals surface area contributed by atoms with Crippen molar-refractivity contribution in [2.75, 3.05) is 0 Å². The molecule has 0 spiro atoms. The normalized spacial score (nSPS) is 19.0. The van der Waals surface area contributed by atoms with Crippen molar-refractivity contribution in [3.63, 3.8) is 0 Å². The van der Waals surface area contributed by atoms with Crippen LogP contribution in [0.15, 0.2) is 180 Å². The summed E-state index contributed by atoms with van der Waals surface area (Å²) in [5, 5.41) is 3.41. The molecule has 3 N–H and O–H groups in total. The first-order chi connectivity index (χ1) is 23.8. The number of carbonyl (C=O) groups is 1. The van der Waals surface area contributed by atoms with Gasteiger partial charge in [-0.05, 0) is 58.7 Å². The van der Waals surface area contributed by atoms with E-state index in [1.807, 2.05) is 72.9 Å². The Morgan fingerprint density at radius 1 is 0.542 bits per heavy atom. The summed E-state index contributed by atoms with van der Waals surface area (Å²) in [7, 11) is 0. The van der Waals surface area contributed by atoms with Crippen molar-refractivity contribution in [2.45, 2.75) is 5.92 Å². The minimum atomic E-state index is -0.115. The predicted octanol–water partition coefficient (Wildman–Crippen LogP) is 8.90. The lowest BCUT2D eigenvalue weighted by Gasteiger charge is -2.17. The Hall–Kier alpha value is -6.46. The van der Waals surface area contributed by atoms with Gasteiger partial charge in [0.1, 0.15) is 0 Å². The highest BCUT2D eigenvalue weighted by atomic mass is 16.1. The van der Waals surface area contributed by atoms with Gasteiger partial charge in [-0.3, -0.25) is 4.79 Å². The van der Waals surface area contributed by atoms with Gasteiger partial charge in [-0.1, -0.05) is 121 Å². The zero-order chi connectivity index (χ0) is 32.3. The van der Waals surface area contributed by atoms with Crippen molar-refractivity contribution in [3.05, 3.63) is 220 Å². The highest BCUT2D eigenvalue weighted by Gasteiger charge is 2.25. The van der Waals surface area contributed by atoms with Crippen LogP contribution in [0.25, 0.3) is 16.7 Å². The molecule has 2 aliphatic rings. The number of fused-ring (bicyclic) bond motifs is 5. The molecule has 1 unspecified atom stereocenters. The molecular weight excluding hydrogens is 589 g/mol. The van der Waals surface area contributed by atoms with E-state index in [9.17, 15) is 4.79 Å². The molecule has 48 heavy (non-hydrogen) atoms. The Labute approximate surface area is 279 Å². The Balaban J connectivity index is 1.42. The van der Waals surface area contributed by atoms with E-state index in [1.165, 1.54) is 0 Å². The molecule has 0 amide bonds. The maximum atomic E-state index is 13.0. The molecule has 0 fully saturated rings. The Morgan fingerprint density at radius 2 is 1.06 bits per heavy atom. The molecule has 6 bridgehead atoms. The van der Waals surface area contributed by atoms with Crippen molar-refractivity contribution in [1.82, 2.24) is 15.3 Å². The topological polar surface area (TPSA) is 73.0 Å². The number of hydrogen-bond acceptors (Lipinski definition) is 3. The first kappa shape index (κ1) is 29.0. The lowest BCUT2D eigenvalue weighted by atomic mass is 9.93. The molecule has 0 saturated heterocycles. The van der Waals surface area contributed by atoms with Gasteiger partial charge < -0.3 is 15.3 Å². The Bertz CT molecular complexity index is 2250. The number of H-pyrrole nitrogens is 2. The number of hydrogen-bond donors (Lipinski definition) is 3. The second-order valence-electron chi connectivity index (χ2n) is 11.8. The molecule has 2 aromatic heterocycles. The second-order valence-corrected chi connectivity index (χ2v) is 11.8. The van der Waals surface area contributed by atoms with Gasteiger partial charge in [0.2, 0.25) is 0 Å². The van der Waals surface area contributed by atoms with Crippen LogP contribution in [0.2, 0.25) is 0 Å². The van der Waals surface area contributed by atoms with Crippen LogP contribution < -0.4 is 5.32 Å². The van der Waals surface area contributed by atoms with E-state index in [2.05, 4.69) is 106 Å². The molecule has 4 aromatic carbocycles. The summed E-state index contributed by atoms with van der Waals surface area (Å²) in [6.07, 6.45) is 6.91. The van der Waals surface area contributed by atoms with Gasteiger partial charge in [0, 0.05) is 45.7 Å². The van der Waals surface area contributed by atoms with Crippen LogP contribution in [-0.2, 0) is 4.79 Å². The molecule has 0 radical (unpaired) electrons. The Kier molecular flexibility index (Phi) is 7.69. The third-order valence-electron chi connectivity index (χ3n) is 8.85. The predicted molar refractivity (Wildman–Crippen MR) is 194 cm³/mol. The zero-order valence-corrected chi connectivity index (χ0v) is 26.1. The molecule has 5 nitrogen and oxygen atoms in total. The fourth-order valence-electron chi connectivity index (χ4n) is 6.62. The molecule has 8 rings (SSSR count). The lowest BCUT2D eigenvalue weighted by molar-refractivity contribution is -0.105. The van der Waals surface area contributed by atoms with Gasteiger partial charge in [-0.15, -0.1) is 0 Å². The number of benzene rings is 4. The maximum absolute atomic E-state index is 13.0. The molecule has 0 aliphatic carbocycles. The molecule has 0 saturated carbocycles. The number of nitrogens with zero attached hydrogens (tertiary/aromatic N) is 1. The quantitative estimate of drug-likeness (QED) is 0.169. The average molecular weight is 621 g/mol. The smallest absolute Gasteiger partial charge is 0.166 e. The van der Waals surface area contributed by atoms with Crippen molar-refractivity contribution in [2.24, 2.45) is 4.99 Å². The van der Waals surface area contributed by atoms with Crippen molar-refractivity contribution >= 4 is 28.7 Å². The van der Waals surface area contributed by atoms with Gasteiger partial charge in [-0.2, -0.15) is 0 Å². The molecular formula is C43H32N4O. The highest BCUT2D eigenvalue weighted by molar-refractivity contribution is 6.31. The second kappa shape index (κ2) is 12.7. The maximum Gasteiger partial charge on any atom is 0.166 e. The number of carbonyl (C=O) groups excluding carboxylic acids is 1. The van der Waals surface area contributed by atoms with E-state index in [0.29, 0.717) is 5.70 Å². The van der Waals surface area contributed by atoms with Crippen LogP contribution in [0.4, 0.5) is 0 Å². The summed E-state index contributed by atoms with van der Waals surface area (Å²) in [4.78, 5) is 25.7. The lowest BCUT2D eigenvalue weighted by Crippen LogP contribution is -2.13. The van der Waals surface area contributed by atoms with Crippen LogP contribution in [-0.4, -0.2) is 22.0 Å². The van der Waals surface area contributed by atoms with Crippen LogP contribution in [0.3, 0.4) is 0 Å². The highest BCUT2D eigenvalue weighted by Crippen LogP contribution is 2.37. The van der Waals surface area contributed by atoms with Crippen LogP contribution >= 0.6 is 0 Å². The summed E-state index contributed by atoms with van der Waals surface area (Å²) in [6.45, 7) is 0. The molecule has 5 heteroatoms. The summed E-state index contributed by atoms with van der Waals surface area (Å²) in [5.41, 5.74) is 12.7. The van der Waals surface area contributed by atoms with Gasteiger partial charge in [0.05, 0.1) is 23.0 Å². The number of allylic oxidation sites excluding steroid dienone is 4. The molecule has 230 valence electrons. The third-order valence-corrected chi connectivity index (χ3v) is 8.85. The van der Waals surface area contributed by atoms with Crippen molar-refractivity contribution in [3.8, 4) is 0 Å². The first-order valence-electron chi connectivity index (χ1n) is 16.0. The van der Waals surface area contributed by atoms with E-state index in [0.717, 1.165) is 79.4 Å². The number of nitrogens with one attached hydrogen (secondary N) is 3. The molecule has 2 aliphatic heterocycles. The van der Waals surface area contributed by atoms with E-state index in [1.54, 1.807) is 0 Å². The standard InChI is InChI=1S/C43H32N4O/c48-28-40-43(32-19-11-4-12-20-32)39-26-25-38(47-39)42(31-17-9-3-10-18-31)37-24-23-36(46-37)41(30-15-7-2-8-16-30)35-22-21-34(45-35)33(27-44-40)29-13-5-1-6-14-29/h1-28,42,44,46-47H/b33-27?,41-35-,43-40+. The fourth-order valence-corrected chi connectivity index (χ4v) is 6.62. The van der Waals surface area contributed by atoms with E-state index in [-0.39, 0.29) is 5.92 Å².